The molecule has 0 aliphatic heterocycles. The molecule has 0 fully saturated rings. The number of hydrogen-bond acceptors (Lipinski definition) is 5. The van der Waals surface area contributed by atoms with Crippen LogP contribution in [0.5, 0.6) is 0 Å². The van der Waals surface area contributed by atoms with Gasteiger partial charge in [0.2, 0.25) is 10.0 Å². The number of nitrogens with one attached hydrogen (secondary N) is 1. The molecule has 0 amide bonds. The van der Waals surface area contributed by atoms with E-state index < -0.39 is 21.8 Å². The molecule has 1 N–H and O–H groups in total. The van der Waals surface area contributed by atoms with Crippen LogP contribution in [0.4, 0.5) is 4.39 Å². The van der Waals surface area contributed by atoms with E-state index in [-0.39, 0.29) is 24.6 Å². The average Bonchev–Trinajstić information content (AvgIpc) is 3.31. The van der Waals surface area contributed by atoms with Gasteiger partial charge in [-0.2, -0.15) is 4.31 Å². The second-order valence-corrected chi connectivity index (χ2v) is 8.69. The monoisotopic (exact) mass is 434 g/mol. The Balaban J connectivity index is 2.00. The molecular formula is C21H23FN2O5S. The lowest BCUT2D eigenvalue weighted by Crippen LogP contribution is -2.30. The molecule has 7 nitrogen and oxygen atoms in total. The van der Waals surface area contributed by atoms with Crippen LogP contribution in [0.3, 0.4) is 0 Å². The van der Waals surface area contributed by atoms with Crippen molar-refractivity contribution in [3.63, 3.8) is 0 Å². The molecule has 160 valence electrons. The first-order valence-electron chi connectivity index (χ1n) is 9.37. The Bertz CT molecular complexity index is 1120. The summed E-state index contributed by atoms with van der Waals surface area (Å²) >= 11 is 0. The van der Waals surface area contributed by atoms with Crippen LogP contribution in [0.25, 0.3) is 0 Å². The van der Waals surface area contributed by atoms with Gasteiger partial charge in [0.05, 0.1) is 24.3 Å². The first-order chi connectivity index (χ1) is 14.2. The van der Waals surface area contributed by atoms with Gasteiger partial charge < -0.3 is 14.1 Å². The molecule has 2 heterocycles. The number of halogens is 1. The third-order valence-electron chi connectivity index (χ3n) is 4.77. The molecule has 0 unspecified atom stereocenters. The van der Waals surface area contributed by atoms with Crippen molar-refractivity contribution >= 4 is 16.0 Å². The molecule has 9 heteroatoms. The summed E-state index contributed by atoms with van der Waals surface area (Å²) in [5, 5.41) is 0. The van der Waals surface area contributed by atoms with Gasteiger partial charge in [-0.15, -0.1) is 0 Å². The first-order valence-corrected chi connectivity index (χ1v) is 10.8. The van der Waals surface area contributed by atoms with Crippen molar-refractivity contribution in [1.29, 1.82) is 0 Å². The maximum atomic E-state index is 13.3. The van der Waals surface area contributed by atoms with Crippen LogP contribution < -0.4 is 0 Å². The Morgan fingerprint density at radius 3 is 2.47 bits per heavy atom. The molecular weight excluding hydrogens is 411 g/mol. The highest BCUT2D eigenvalue weighted by molar-refractivity contribution is 7.89. The first kappa shape index (κ1) is 21.8. The zero-order valence-corrected chi connectivity index (χ0v) is 17.8. The second-order valence-electron chi connectivity index (χ2n) is 6.76. The molecule has 30 heavy (non-hydrogen) atoms. The second kappa shape index (κ2) is 8.85. The summed E-state index contributed by atoms with van der Waals surface area (Å²) in [6.45, 7) is 5.42. The number of benzene rings is 1. The van der Waals surface area contributed by atoms with Crippen LogP contribution in [0.1, 0.15) is 40.0 Å². The Hall–Kier alpha value is -2.91. The number of esters is 1. The highest BCUT2D eigenvalue weighted by atomic mass is 32.2. The van der Waals surface area contributed by atoms with E-state index in [1.807, 2.05) is 0 Å². The van der Waals surface area contributed by atoms with Crippen molar-refractivity contribution in [3.8, 4) is 0 Å². The minimum atomic E-state index is -3.97. The summed E-state index contributed by atoms with van der Waals surface area (Å²) in [5.74, 6) is -0.566. The number of ether oxygens (including phenoxy) is 1. The summed E-state index contributed by atoms with van der Waals surface area (Å²) in [4.78, 5) is 15.1. The van der Waals surface area contributed by atoms with Crippen LogP contribution in [0.15, 0.2) is 52.0 Å². The van der Waals surface area contributed by atoms with Gasteiger partial charge in [-0.25, -0.2) is 17.6 Å². The van der Waals surface area contributed by atoms with E-state index in [4.69, 9.17) is 9.15 Å². The topological polar surface area (TPSA) is 92.6 Å². The number of rotatable bonds is 8. The average molecular weight is 434 g/mol. The third-order valence-corrected chi connectivity index (χ3v) is 6.58. The summed E-state index contributed by atoms with van der Waals surface area (Å²) in [5.41, 5.74) is 2.23. The van der Waals surface area contributed by atoms with Gasteiger partial charge in [-0.05, 0) is 68.3 Å². The van der Waals surface area contributed by atoms with E-state index in [0.29, 0.717) is 28.3 Å². The predicted molar refractivity (Wildman–Crippen MR) is 108 cm³/mol. The van der Waals surface area contributed by atoms with Crippen LogP contribution in [0, 0.1) is 19.7 Å². The zero-order valence-electron chi connectivity index (χ0n) is 16.9. The molecule has 0 bridgehead atoms. The lowest BCUT2D eigenvalue weighted by Gasteiger charge is -2.22. The summed E-state index contributed by atoms with van der Waals surface area (Å²) in [6, 6.07) is 7.99. The highest BCUT2D eigenvalue weighted by Crippen LogP contribution is 2.26. The fourth-order valence-corrected chi connectivity index (χ4v) is 4.54. The maximum Gasteiger partial charge on any atom is 0.355 e. The summed E-state index contributed by atoms with van der Waals surface area (Å²) in [6.07, 6.45) is 1.46. The highest BCUT2D eigenvalue weighted by Gasteiger charge is 2.29. The normalized spacial score (nSPS) is 11.8. The predicted octanol–water partition coefficient (Wildman–Crippen LogP) is 3.93. The van der Waals surface area contributed by atoms with Gasteiger partial charge in [0.1, 0.15) is 17.3 Å². The van der Waals surface area contributed by atoms with E-state index in [2.05, 4.69) is 4.98 Å². The van der Waals surface area contributed by atoms with Crippen molar-refractivity contribution in [2.75, 3.05) is 6.61 Å². The molecule has 2 aromatic heterocycles. The van der Waals surface area contributed by atoms with Gasteiger partial charge in [0.15, 0.2) is 0 Å². The molecule has 3 rings (SSSR count). The lowest BCUT2D eigenvalue weighted by molar-refractivity contribution is 0.0519. The quantitative estimate of drug-likeness (QED) is 0.542. The van der Waals surface area contributed by atoms with Crippen molar-refractivity contribution in [2.45, 2.75) is 38.8 Å². The lowest BCUT2D eigenvalue weighted by atomic mass is 10.1. The van der Waals surface area contributed by atoms with E-state index in [1.165, 1.54) is 22.7 Å². The van der Waals surface area contributed by atoms with Gasteiger partial charge in [-0.1, -0.05) is 0 Å². The maximum absolute atomic E-state index is 13.3. The molecule has 0 spiro atoms. The third kappa shape index (κ3) is 4.47. The number of sulfonamides is 1. The van der Waals surface area contributed by atoms with Gasteiger partial charge in [0, 0.05) is 12.2 Å². The number of nitrogens with zero attached hydrogens (tertiary/aromatic N) is 1. The van der Waals surface area contributed by atoms with Crippen LogP contribution in [0.2, 0.25) is 0 Å². The number of aryl methyl sites for hydroxylation is 1. The van der Waals surface area contributed by atoms with Gasteiger partial charge in [0.25, 0.3) is 0 Å². The van der Waals surface area contributed by atoms with E-state index in [1.54, 1.807) is 32.9 Å². The molecule has 0 radical (unpaired) electrons. The van der Waals surface area contributed by atoms with E-state index in [9.17, 15) is 17.6 Å². The minimum Gasteiger partial charge on any atom is -0.468 e. The van der Waals surface area contributed by atoms with E-state index >= 15 is 0 Å². The summed E-state index contributed by atoms with van der Waals surface area (Å²) < 4.78 is 51.5. The fraction of sp³-hybridized carbons (Fsp3) is 0.286. The van der Waals surface area contributed by atoms with Gasteiger partial charge >= 0.3 is 5.97 Å². The number of H-pyrrole nitrogens is 1. The number of hydrogen-bond donors (Lipinski definition) is 1. The number of carbonyl (C=O) groups excluding carboxylic acids is 1. The summed E-state index contributed by atoms with van der Waals surface area (Å²) in [7, 11) is -3.97. The zero-order chi connectivity index (χ0) is 21.9. The Kier molecular flexibility index (Phi) is 6.42. The number of aromatic amines is 1. The molecule has 0 atom stereocenters. The van der Waals surface area contributed by atoms with Crippen LogP contribution in [-0.4, -0.2) is 30.3 Å². The van der Waals surface area contributed by atoms with Crippen molar-refractivity contribution in [1.82, 2.24) is 9.29 Å². The molecule has 3 aromatic rings. The Morgan fingerprint density at radius 2 is 1.87 bits per heavy atom. The smallest absolute Gasteiger partial charge is 0.355 e. The number of carbonyl (C=O) groups is 1. The van der Waals surface area contributed by atoms with Crippen LogP contribution >= 0.6 is 0 Å². The van der Waals surface area contributed by atoms with Crippen LogP contribution in [-0.2, 0) is 27.8 Å². The van der Waals surface area contributed by atoms with Crippen molar-refractivity contribution in [2.24, 2.45) is 0 Å². The molecule has 0 aliphatic rings. The minimum absolute atomic E-state index is 0.00597. The van der Waals surface area contributed by atoms with Crippen molar-refractivity contribution < 1.29 is 26.8 Å². The molecule has 1 aromatic carbocycles. The largest absolute Gasteiger partial charge is 0.468 e. The van der Waals surface area contributed by atoms with Crippen molar-refractivity contribution in [3.05, 3.63) is 76.8 Å². The number of aromatic nitrogens is 1. The molecule has 0 aliphatic carbocycles. The fourth-order valence-electron chi connectivity index (χ4n) is 3.17. The molecule has 0 saturated heterocycles. The Morgan fingerprint density at radius 1 is 1.17 bits per heavy atom. The number of furan rings is 1. The van der Waals surface area contributed by atoms with E-state index in [0.717, 1.165) is 12.1 Å². The standard InChI is InChI=1S/C21H23FN2O5S/c1-4-28-21(25)20-14(2)19(15(3)23-20)13-24(12-17-6-5-11-29-17)30(26,27)18-9-7-16(22)8-10-18/h5-11,23H,4,12-13H2,1-3H3. The van der Waals surface area contributed by atoms with Gasteiger partial charge in [-0.3, -0.25) is 0 Å². The Labute approximate surface area is 174 Å². The molecule has 0 saturated carbocycles. The SMILES string of the molecule is CCOC(=O)c1[nH]c(C)c(CN(Cc2ccco2)S(=O)(=O)c2ccc(F)cc2)c1C.